The maximum Gasteiger partial charge on any atom is 0.241 e. The zero-order valence-electron chi connectivity index (χ0n) is 14.7. The molecule has 1 aromatic rings. The van der Waals surface area contributed by atoms with Crippen molar-refractivity contribution >= 4 is 35.8 Å². The predicted octanol–water partition coefficient (Wildman–Crippen LogP) is 2.39. The summed E-state index contributed by atoms with van der Waals surface area (Å²) in [6, 6.07) is 8.30. The number of nitrogens with zero attached hydrogens (tertiary/aromatic N) is 2. The molecule has 0 saturated heterocycles. The van der Waals surface area contributed by atoms with Crippen molar-refractivity contribution in [2.24, 2.45) is 10.9 Å². The van der Waals surface area contributed by atoms with Crippen LogP contribution in [0.5, 0.6) is 0 Å². The zero-order chi connectivity index (χ0) is 16.5. The van der Waals surface area contributed by atoms with Gasteiger partial charge in [-0.2, -0.15) is 0 Å². The summed E-state index contributed by atoms with van der Waals surface area (Å²) in [6.45, 7) is 7.98. The van der Waals surface area contributed by atoms with E-state index in [0.717, 1.165) is 12.1 Å². The van der Waals surface area contributed by atoms with Gasteiger partial charge in [0.05, 0.1) is 13.1 Å². The van der Waals surface area contributed by atoms with Gasteiger partial charge in [0, 0.05) is 20.6 Å². The Kier molecular flexibility index (Phi) is 10.6. The number of aryl methyl sites for hydroxylation is 1. The van der Waals surface area contributed by atoms with Crippen LogP contribution in [0.3, 0.4) is 0 Å². The number of hydrogen-bond donors (Lipinski definition) is 2. The third kappa shape index (κ3) is 9.43. The van der Waals surface area contributed by atoms with Crippen LogP contribution in [0, 0.1) is 12.8 Å². The van der Waals surface area contributed by atoms with Gasteiger partial charge in [0.1, 0.15) is 0 Å². The largest absolute Gasteiger partial charge is 0.356 e. The fourth-order valence-electron chi connectivity index (χ4n) is 1.66. The standard InChI is InChI=1S/C17H28N4O.HI/c1-13(2)10-18-17(20-12-16(22)21(4)5)19-11-15-8-6-14(3)7-9-15;/h6-9,13H,10-12H2,1-5H3,(H2,18,19,20);1H. The van der Waals surface area contributed by atoms with Gasteiger partial charge in [0.25, 0.3) is 0 Å². The van der Waals surface area contributed by atoms with E-state index in [1.165, 1.54) is 5.56 Å². The van der Waals surface area contributed by atoms with Crippen LogP contribution < -0.4 is 10.6 Å². The molecule has 0 aliphatic carbocycles. The second kappa shape index (κ2) is 11.3. The highest BCUT2D eigenvalue weighted by atomic mass is 127. The van der Waals surface area contributed by atoms with Crippen molar-refractivity contribution < 1.29 is 4.79 Å². The van der Waals surface area contributed by atoms with Crippen molar-refractivity contribution in [3.63, 3.8) is 0 Å². The second-order valence-corrected chi connectivity index (χ2v) is 6.07. The molecule has 0 aliphatic heterocycles. The molecule has 2 N–H and O–H groups in total. The Morgan fingerprint density at radius 2 is 1.78 bits per heavy atom. The Balaban J connectivity index is 0.00000484. The van der Waals surface area contributed by atoms with Gasteiger partial charge < -0.3 is 15.5 Å². The summed E-state index contributed by atoms with van der Waals surface area (Å²) in [4.78, 5) is 17.8. The van der Waals surface area contributed by atoms with Crippen LogP contribution in [0.15, 0.2) is 29.3 Å². The Morgan fingerprint density at radius 3 is 2.30 bits per heavy atom. The summed E-state index contributed by atoms with van der Waals surface area (Å²) < 4.78 is 0. The van der Waals surface area contributed by atoms with Crippen LogP contribution in [-0.2, 0) is 11.3 Å². The minimum Gasteiger partial charge on any atom is -0.356 e. The van der Waals surface area contributed by atoms with Gasteiger partial charge in [-0.3, -0.25) is 4.79 Å². The van der Waals surface area contributed by atoms with Gasteiger partial charge in [0.2, 0.25) is 5.91 Å². The summed E-state index contributed by atoms with van der Waals surface area (Å²) >= 11 is 0. The van der Waals surface area contributed by atoms with E-state index in [-0.39, 0.29) is 36.4 Å². The first-order valence-corrected chi connectivity index (χ1v) is 7.66. The molecule has 0 aliphatic rings. The molecule has 6 heteroatoms. The summed E-state index contributed by atoms with van der Waals surface area (Å²) in [5.41, 5.74) is 2.38. The van der Waals surface area contributed by atoms with E-state index >= 15 is 0 Å². The van der Waals surface area contributed by atoms with Crippen LogP contribution in [0.1, 0.15) is 25.0 Å². The predicted molar refractivity (Wildman–Crippen MR) is 107 cm³/mol. The first-order valence-electron chi connectivity index (χ1n) is 7.66. The number of guanidine groups is 1. The quantitative estimate of drug-likeness (QED) is 0.413. The SMILES string of the molecule is Cc1ccc(CN=C(NCC(=O)N(C)C)NCC(C)C)cc1.I. The van der Waals surface area contributed by atoms with Gasteiger partial charge >= 0.3 is 0 Å². The number of likely N-dealkylation sites (N-methyl/N-ethyl adjacent to an activating group) is 1. The topological polar surface area (TPSA) is 56.7 Å². The molecule has 1 rings (SSSR count). The third-order valence-electron chi connectivity index (χ3n) is 3.12. The minimum absolute atomic E-state index is 0. The maximum absolute atomic E-state index is 11.7. The lowest BCUT2D eigenvalue weighted by Gasteiger charge is -2.16. The van der Waals surface area contributed by atoms with E-state index in [1.807, 2.05) is 0 Å². The molecule has 0 atom stereocenters. The molecular weight excluding hydrogens is 403 g/mol. The number of rotatable bonds is 6. The first-order chi connectivity index (χ1) is 10.4. The van der Waals surface area contributed by atoms with E-state index < -0.39 is 0 Å². The number of nitrogens with one attached hydrogen (secondary N) is 2. The fourth-order valence-corrected chi connectivity index (χ4v) is 1.66. The maximum atomic E-state index is 11.7. The molecule has 0 saturated carbocycles. The fraction of sp³-hybridized carbons (Fsp3) is 0.529. The Morgan fingerprint density at radius 1 is 1.17 bits per heavy atom. The average molecular weight is 432 g/mol. The first kappa shape index (κ1) is 21.7. The van der Waals surface area contributed by atoms with Crippen LogP contribution in [-0.4, -0.2) is 44.0 Å². The van der Waals surface area contributed by atoms with E-state index in [4.69, 9.17) is 0 Å². The van der Waals surface area contributed by atoms with Gasteiger partial charge in [-0.05, 0) is 18.4 Å². The smallest absolute Gasteiger partial charge is 0.241 e. The van der Waals surface area contributed by atoms with Crippen LogP contribution >= 0.6 is 24.0 Å². The van der Waals surface area contributed by atoms with Crippen LogP contribution in [0.25, 0.3) is 0 Å². The van der Waals surface area contributed by atoms with Crippen molar-refractivity contribution in [3.05, 3.63) is 35.4 Å². The summed E-state index contributed by atoms with van der Waals surface area (Å²) in [5, 5.41) is 6.35. The average Bonchev–Trinajstić information content (AvgIpc) is 2.47. The highest BCUT2D eigenvalue weighted by Crippen LogP contribution is 2.04. The normalized spacial score (nSPS) is 11.0. The number of carbonyl (C=O) groups is 1. The molecule has 0 unspecified atom stereocenters. The van der Waals surface area contributed by atoms with Gasteiger partial charge in [-0.15, -0.1) is 24.0 Å². The molecular formula is C17H29IN4O. The number of amides is 1. The second-order valence-electron chi connectivity index (χ2n) is 6.07. The number of aliphatic imine (C=N–C) groups is 1. The summed E-state index contributed by atoms with van der Waals surface area (Å²) in [7, 11) is 3.49. The molecule has 0 radical (unpaired) electrons. The molecule has 0 heterocycles. The third-order valence-corrected chi connectivity index (χ3v) is 3.12. The van der Waals surface area contributed by atoms with E-state index in [1.54, 1.807) is 19.0 Å². The van der Waals surface area contributed by atoms with Gasteiger partial charge in [-0.25, -0.2) is 4.99 Å². The van der Waals surface area contributed by atoms with Crippen LogP contribution in [0.2, 0.25) is 0 Å². The Bertz CT molecular complexity index is 498. The highest BCUT2D eigenvalue weighted by Gasteiger charge is 2.06. The number of hydrogen-bond acceptors (Lipinski definition) is 2. The van der Waals surface area contributed by atoms with Crippen molar-refractivity contribution in [2.45, 2.75) is 27.3 Å². The molecule has 1 amide bonds. The molecule has 1 aromatic carbocycles. The molecule has 0 spiro atoms. The molecule has 23 heavy (non-hydrogen) atoms. The van der Waals surface area contributed by atoms with E-state index in [2.05, 4.69) is 60.7 Å². The Hall–Kier alpha value is -1.31. The van der Waals surface area contributed by atoms with Gasteiger partial charge in [-0.1, -0.05) is 43.7 Å². The van der Waals surface area contributed by atoms with Crippen molar-refractivity contribution in [3.8, 4) is 0 Å². The van der Waals surface area contributed by atoms with Gasteiger partial charge in [0.15, 0.2) is 5.96 Å². The van der Waals surface area contributed by atoms with Crippen molar-refractivity contribution in [2.75, 3.05) is 27.2 Å². The minimum atomic E-state index is 0. The van der Waals surface area contributed by atoms with E-state index in [0.29, 0.717) is 18.4 Å². The summed E-state index contributed by atoms with van der Waals surface area (Å²) in [5.74, 6) is 1.20. The molecule has 0 fully saturated rings. The van der Waals surface area contributed by atoms with Crippen molar-refractivity contribution in [1.29, 1.82) is 0 Å². The molecule has 0 bridgehead atoms. The zero-order valence-corrected chi connectivity index (χ0v) is 17.0. The lowest BCUT2D eigenvalue weighted by Crippen LogP contribution is -2.44. The molecule has 5 nitrogen and oxygen atoms in total. The number of halogens is 1. The Labute approximate surface area is 157 Å². The van der Waals surface area contributed by atoms with E-state index in [9.17, 15) is 4.79 Å². The summed E-state index contributed by atoms with van der Waals surface area (Å²) in [6.07, 6.45) is 0. The molecule has 130 valence electrons. The number of benzene rings is 1. The molecule has 0 aromatic heterocycles. The number of carbonyl (C=O) groups excluding carboxylic acids is 1. The van der Waals surface area contributed by atoms with Crippen LogP contribution in [0.4, 0.5) is 0 Å². The monoisotopic (exact) mass is 432 g/mol. The lowest BCUT2D eigenvalue weighted by atomic mass is 10.1. The van der Waals surface area contributed by atoms with Crippen molar-refractivity contribution in [1.82, 2.24) is 15.5 Å². The lowest BCUT2D eigenvalue weighted by molar-refractivity contribution is -0.127. The highest BCUT2D eigenvalue weighted by molar-refractivity contribution is 14.0.